The number of nitrogens with one attached hydrogen (secondary N) is 3. The molecule has 178 valence electrons. The maximum atomic E-state index is 12.2. The summed E-state index contributed by atoms with van der Waals surface area (Å²) in [6, 6.07) is 9.88. The minimum Gasteiger partial charge on any atom is -0.335 e. The van der Waals surface area contributed by atoms with Crippen LogP contribution in [-0.4, -0.2) is 66.6 Å². The van der Waals surface area contributed by atoms with Crippen LogP contribution in [0.2, 0.25) is 0 Å². The number of anilines is 1. The molecule has 6 aromatic rings. The molecule has 0 aromatic carbocycles. The topological polar surface area (TPSA) is 128 Å². The number of hydrogen-bond donors (Lipinski definition) is 3. The molecule has 0 fully saturated rings. The molecule has 0 atom stereocenters. The predicted octanol–water partition coefficient (Wildman–Crippen LogP) is 4.19. The van der Waals surface area contributed by atoms with E-state index in [1.807, 2.05) is 43.7 Å². The standard InChI is InChI=1S/C25H21N9OS/c1-34(2)13-21(35)29-15-8-14(10-26-11-15)18-9-17-19(12-28-18)32-33-23(17)25-30-22-16(20-4-3-7-36-20)5-6-27-24(22)31-25/h3-12H,13H2,1-2H3,(H,29,35)(H,32,33)(H,27,30,31). The largest absolute Gasteiger partial charge is 0.335 e. The zero-order valence-corrected chi connectivity index (χ0v) is 20.3. The van der Waals surface area contributed by atoms with Crippen LogP contribution in [0.25, 0.3) is 55.3 Å². The number of aromatic nitrogens is 7. The van der Waals surface area contributed by atoms with E-state index in [0.717, 1.165) is 32.4 Å². The Bertz CT molecular complexity index is 1700. The number of likely N-dealkylation sites (N-methyl/N-ethyl adjacent to an activating group) is 1. The quantitative estimate of drug-likeness (QED) is 0.316. The number of nitrogens with zero attached hydrogens (tertiary/aromatic N) is 6. The summed E-state index contributed by atoms with van der Waals surface area (Å²) >= 11 is 1.67. The van der Waals surface area contributed by atoms with Crippen LogP contribution in [0, 0.1) is 0 Å². The van der Waals surface area contributed by atoms with Crippen molar-refractivity contribution in [3.8, 4) is 33.2 Å². The van der Waals surface area contributed by atoms with Gasteiger partial charge in [-0.2, -0.15) is 5.10 Å². The second-order valence-corrected chi connectivity index (χ2v) is 9.50. The third-order valence-corrected chi connectivity index (χ3v) is 6.53. The van der Waals surface area contributed by atoms with Gasteiger partial charge in [0.05, 0.1) is 41.4 Å². The van der Waals surface area contributed by atoms with Gasteiger partial charge in [0.1, 0.15) is 5.69 Å². The van der Waals surface area contributed by atoms with Crippen molar-refractivity contribution < 1.29 is 4.79 Å². The third kappa shape index (κ3) is 4.10. The lowest BCUT2D eigenvalue weighted by atomic mass is 10.1. The molecule has 11 heteroatoms. The Morgan fingerprint density at radius 1 is 1.14 bits per heavy atom. The molecule has 6 heterocycles. The predicted molar refractivity (Wildman–Crippen MR) is 140 cm³/mol. The van der Waals surface area contributed by atoms with Gasteiger partial charge in [0.25, 0.3) is 0 Å². The fourth-order valence-corrected chi connectivity index (χ4v) is 4.81. The molecule has 0 bridgehead atoms. The Morgan fingerprint density at radius 2 is 2.06 bits per heavy atom. The maximum absolute atomic E-state index is 12.2. The van der Waals surface area contributed by atoms with E-state index in [2.05, 4.69) is 41.5 Å². The van der Waals surface area contributed by atoms with Gasteiger partial charge in [0.2, 0.25) is 5.91 Å². The molecule has 3 N–H and O–H groups in total. The molecule has 10 nitrogen and oxygen atoms in total. The lowest BCUT2D eigenvalue weighted by Crippen LogP contribution is -2.27. The molecular formula is C25H21N9OS. The van der Waals surface area contributed by atoms with Crippen LogP contribution in [-0.2, 0) is 4.79 Å². The van der Waals surface area contributed by atoms with Crippen molar-refractivity contribution in [1.82, 2.24) is 40.0 Å². The summed E-state index contributed by atoms with van der Waals surface area (Å²) in [4.78, 5) is 36.5. The first-order chi connectivity index (χ1) is 17.5. The number of fused-ring (bicyclic) bond motifs is 2. The van der Waals surface area contributed by atoms with Crippen LogP contribution in [0.3, 0.4) is 0 Å². The number of aromatic amines is 2. The fourth-order valence-electron chi connectivity index (χ4n) is 4.05. The SMILES string of the molecule is CN(C)CC(=O)Nc1cncc(-c2cc3c(-c4nc5nccc(-c6cccs6)c5[nH]4)n[nH]c3cn2)c1. The van der Waals surface area contributed by atoms with E-state index < -0.39 is 0 Å². The molecule has 1 amide bonds. The lowest BCUT2D eigenvalue weighted by molar-refractivity contribution is -0.116. The molecule has 0 spiro atoms. The summed E-state index contributed by atoms with van der Waals surface area (Å²) < 4.78 is 0. The number of rotatable bonds is 6. The Labute approximate surface area is 209 Å². The van der Waals surface area contributed by atoms with Crippen molar-refractivity contribution in [2.75, 3.05) is 26.0 Å². The monoisotopic (exact) mass is 495 g/mol. The van der Waals surface area contributed by atoms with E-state index in [9.17, 15) is 4.79 Å². The van der Waals surface area contributed by atoms with Crippen molar-refractivity contribution in [2.24, 2.45) is 0 Å². The third-order valence-electron chi connectivity index (χ3n) is 5.63. The molecule has 6 rings (SSSR count). The molecule has 0 saturated carbocycles. The van der Waals surface area contributed by atoms with E-state index in [1.165, 1.54) is 0 Å². The average molecular weight is 496 g/mol. The fraction of sp³-hybridized carbons (Fsp3) is 0.120. The zero-order valence-electron chi connectivity index (χ0n) is 19.5. The summed E-state index contributed by atoms with van der Waals surface area (Å²) in [7, 11) is 3.69. The number of thiophene rings is 1. The summed E-state index contributed by atoms with van der Waals surface area (Å²) in [5.74, 6) is 0.507. The van der Waals surface area contributed by atoms with Crippen molar-refractivity contribution in [2.45, 2.75) is 0 Å². The van der Waals surface area contributed by atoms with Gasteiger partial charge >= 0.3 is 0 Å². The Hall–Kier alpha value is -4.48. The number of hydrogen-bond acceptors (Lipinski definition) is 8. The molecule has 0 saturated heterocycles. The molecular weight excluding hydrogens is 474 g/mol. The number of H-pyrrole nitrogens is 2. The van der Waals surface area contributed by atoms with Crippen LogP contribution in [0.15, 0.2) is 60.5 Å². The van der Waals surface area contributed by atoms with Crippen molar-refractivity contribution in [1.29, 1.82) is 0 Å². The Morgan fingerprint density at radius 3 is 2.89 bits per heavy atom. The summed E-state index contributed by atoms with van der Waals surface area (Å²) in [5, 5.41) is 13.3. The van der Waals surface area contributed by atoms with Gasteiger partial charge in [0, 0.05) is 33.8 Å². The van der Waals surface area contributed by atoms with Crippen LogP contribution < -0.4 is 5.32 Å². The molecule has 0 aliphatic heterocycles. The number of pyridine rings is 3. The first kappa shape index (κ1) is 22.0. The highest BCUT2D eigenvalue weighted by Crippen LogP contribution is 2.33. The smallest absolute Gasteiger partial charge is 0.238 e. The lowest BCUT2D eigenvalue weighted by Gasteiger charge is -2.10. The average Bonchev–Trinajstić information content (AvgIpc) is 3.62. The minimum absolute atomic E-state index is 0.111. The summed E-state index contributed by atoms with van der Waals surface area (Å²) in [6.07, 6.45) is 6.83. The van der Waals surface area contributed by atoms with Gasteiger partial charge in [-0.25, -0.2) is 9.97 Å². The molecule has 0 aliphatic carbocycles. The minimum atomic E-state index is -0.111. The van der Waals surface area contributed by atoms with Crippen LogP contribution in [0.5, 0.6) is 0 Å². The van der Waals surface area contributed by atoms with Crippen molar-refractivity contribution in [3.05, 3.63) is 60.5 Å². The molecule has 0 unspecified atom stereocenters. The number of carbonyl (C=O) groups is 1. The van der Waals surface area contributed by atoms with E-state index in [0.29, 0.717) is 28.5 Å². The van der Waals surface area contributed by atoms with Gasteiger partial charge in [-0.15, -0.1) is 11.3 Å². The number of imidazole rings is 1. The van der Waals surface area contributed by atoms with Crippen molar-refractivity contribution in [3.63, 3.8) is 0 Å². The van der Waals surface area contributed by atoms with Gasteiger partial charge in [-0.3, -0.25) is 19.9 Å². The first-order valence-corrected chi connectivity index (χ1v) is 12.1. The highest BCUT2D eigenvalue weighted by Gasteiger charge is 2.17. The van der Waals surface area contributed by atoms with Crippen LogP contribution >= 0.6 is 11.3 Å². The highest BCUT2D eigenvalue weighted by molar-refractivity contribution is 7.13. The molecule has 6 aromatic heterocycles. The molecule has 0 radical (unpaired) electrons. The number of carbonyl (C=O) groups excluding carboxylic acids is 1. The van der Waals surface area contributed by atoms with Crippen LogP contribution in [0.1, 0.15) is 0 Å². The Balaban J connectivity index is 1.38. The second-order valence-electron chi connectivity index (χ2n) is 8.56. The highest BCUT2D eigenvalue weighted by atomic mass is 32.1. The van der Waals surface area contributed by atoms with Gasteiger partial charge in [-0.05, 0) is 43.7 Å². The number of amides is 1. The Kier molecular flexibility index (Phi) is 5.47. The van der Waals surface area contributed by atoms with E-state index >= 15 is 0 Å². The van der Waals surface area contributed by atoms with E-state index in [-0.39, 0.29) is 12.5 Å². The second kappa shape index (κ2) is 8.95. The summed E-state index contributed by atoms with van der Waals surface area (Å²) in [5.41, 5.74) is 6.09. The normalized spacial score (nSPS) is 11.5. The van der Waals surface area contributed by atoms with E-state index in [1.54, 1.807) is 41.0 Å². The van der Waals surface area contributed by atoms with Gasteiger partial charge in [-0.1, -0.05) is 6.07 Å². The van der Waals surface area contributed by atoms with Gasteiger partial charge in [0.15, 0.2) is 11.5 Å². The van der Waals surface area contributed by atoms with Gasteiger partial charge < -0.3 is 15.2 Å². The zero-order chi connectivity index (χ0) is 24.6. The van der Waals surface area contributed by atoms with E-state index in [4.69, 9.17) is 4.98 Å². The summed E-state index contributed by atoms with van der Waals surface area (Å²) in [6.45, 7) is 0.285. The maximum Gasteiger partial charge on any atom is 0.238 e. The molecule has 36 heavy (non-hydrogen) atoms. The van der Waals surface area contributed by atoms with Crippen molar-refractivity contribution >= 4 is 45.0 Å². The first-order valence-electron chi connectivity index (χ1n) is 11.2. The molecule has 0 aliphatic rings. The van der Waals surface area contributed by atoms with Crippen LogP contribution in [0.4, 0.5) is 5.69 Å².